The second-order valence-corrected chi connectivity index (χ2v) is 3.39. The second kappa shape index (κ2) is 4.07. The van der Waals surface area contributed by atoms with E-state index in [0.717, 1.165) is 6.54 Å². The van der Waals surface area contributed by atoms with Crippen LogP contribution in [-0.4, -0.2) is 6.54 Å². The van der Waals surface area contributed by atoms with E-state index in [2.05, 4.69) is 0 Å². The van der Waals surface area contributed by atoms with Crippen molar-refractivity contribution in [3.63, 3.8) is 0 Å². The molecule has 1 aliphatic carbocycles. The molecular weight excluding hydrogens is 189 g/mol. The molecule has 72 valence electrons. The van der Waals surface area contributed by atoms with Crippen LogP contribution >= 0.6 is 12.4 Å². The maximum absolute atomic E-state index is 12.5. The molecular formula is C10H13ClFN. The van der Waals surface area contributed by atoms with Crippen LogP contribution in [0.3, 0.4) is 0 Å². The topological polar surface area (TPSA) is 26.0 Å². The molecule has 13 heavy (non-hydrogen) atoms. The molecule has 1 nitrogen and oxygen atoms in total. The number of halogens is 2. The Kier molecular flexibility index (Phi) is 3.28. The van der Waals surface area contributed by atoms with E-state index in [1.807, 2.05) is 12.1 Å². The van der Waals surface area contributed by atoms with Crippen molar-refractivity contribution >= 4 is 12.4 Å². The van der Waals surface area contributed by atoms with E-state index in [9.17, 15) is 4.39 Å². The van der Waals surface area contributed by atoms with Crippen LogP contribution in [0.15, 0.2) is 24.3 Å². The fourth-order valence-corrected chi connectivity index (χ4v) is 1.63. The predicted molar refractivity (Wildman–Crippen MR) is 53.6 cm³/mol. The fourth-order valence-electron chi connectivity index (χ4n) is 1.63. The molecule has 1 aromatic rings. The first kappa shape index (κ1) is 10.5. The average molecular weight is 202 g/mol. The monoisotopic (exact) mass is 201 g/mol. The molecule has 0 saturated heterocycles. The van der Waals surface area contributed by atoms with Gasteiger partial charge in [-0.3, -0.25) is 0 Å². The van der Waals surface area contributed by atoms with Crippen LogP contribution in [0.2, 0.25) is 0 Å². The lowest BCUT2D eigenvalue weighted by molar-refractivity contribution is 0.626. The highest BCUT2D eigenvalue weighted by Crippen LogP contribution is 2.46. The molecule has 2 rings (SSSR count). The summed E-state index contributed by atoms with van der Waals surface area (Å²) in [6, 6.07) is 6.74. The molecule has 2 atom stereocenters. The van der Waals surface area contributed by atoms with Crippen LogP contribution in [-0.2, 0) is 0 Å². The minimum Gasteiger partial charge on any atom is -0.330 e. The Bertz CT molecular complexity index is 273. The van der Waals surface area contributed by atoms with Gasteiger partial charge in [-0.25, -0.2) is 4.39 Å². The number of hydrogen-bond donors (Lipinski definition) is 1. The van der Waals surface area contributed by atoms with E-state index in [4.69, 9.17) is 5.73 Å². The normalized spacial score (nSPS) is 25.1. The summed E-state index contributed by atoms with van der Waals surface area (Å²) >= 11 is 0. The third-order valence-electron chi connectivity index (χ3n) is 2.52. The van der Waals surface area contributed by atoms with Crippen molar-refractivity contribution in [2.75, 3.05) is 6.54 Å². The van der Waals surface area contributed by atoms with E-state index in [1.54, 1.807) is 0 Å². The smallest absolute Gasteiger partial charge is 0.123 e. The van der Waals surface area contributed by atoms with E-state index in [-0.39, 0.29) is 18.2 Å². The lowest BCUT2D eigenvalue weighted by Crippen LogP contribution is -2.01. The Balaban J connectivity index is 0.000000845. The van der Waals surface area contributed by atoms with Gasteiger partial charge in [-0.05, 0) is 42.5 Å². The molecule has 0 bridgehead atoms. The summed E-state index contributed by atoms with van der Waals surface area (Å²) in [5.74, 6) is 1.06. The second-order valence-electron chi connectivity index (χ2n) is 3.39. The zero-order valence-electron chi connectivity index (χ0n) is 7.24. The van der Waals surface area contributed by atoms with E-state index < -0.39 is 0 Å². The highest BCUT2D eigenvalue weighted by atomic mass is 35.5. The summed E-state index contributed by atoms with van der Waals surface area (Å²) in [6.45, 7) is 0.752. The van der Waals surface area contributed by atoms with Gasteiger partial charge in [0.2, 0.25) is 0 Å². The van der Waals surface area contributed by atoms with Crippen molar-refractivity contribution < 1.29 is 4.39 Å². The highest BCUT2D eigenvalue weighted by Gasteiger charge is 2.36. The minimum atomic E-state index is -0.163. The van der Waals surface area contributed by atoms with Gasteiger partial charge in [-0.2, -0.15) is 0 Å². The van der Waals surface area contributed by atoms with Crippen molar-refractivity contribution in [3.8, 4) is 0 Å². The van der Waals surface area contributed by atoms with Crippen molar-refractivity contribution in [1.82, 2.24) is 0 Å². The number of hydrogen-bond acceptors (Lipinski definition) is 1. The Hall–Kier alpha value is -0.600. The molecule has 0 amide bonds. The van der Waals surface area contributed by atoms with Crippen molar-refractivity contribution in [3.05, 3.63) is 35.6 Å². The maximum atomic E-state index is 12.5. The van der Waals surface area contributed by atoms with Gasteiger partial charge < -0.3 is 5.73 Å². The summed E-state index contributed by atoms with van der Waals surface area (Å²) in [4.78, 5) is 0. The molecule has 3 heteroatoms. The molecule has 1 aromatic carbocycles. The third kappa shape index (κ3) is 2.20. The van der Waals surface area contributed by atoms with E-state index in [1.165, 1.54) is 24.1 Å². The fraction of sp³-hybridized carbons (Fsp3) is 0.400. The summed E-state index contributed by atoms with van der Waals surface area (Å²) in [5.41, 5.74) is 6.75. The van der Waals surface area contributed by atoms with Crippen LogP contribution in [0.4, 0.5) is 4.39 Å². The standard InChI is InChI=1S/C10H12FN.ClH/c11-9-3-1-7(2-4-9)10-5-8(10)6-12;/h1-4,8,10H,5-6,12H2;1H/t8-,10-;/m1./s1. The largest absolute Gasteiger partial charge is 0.330 e. The summed E-state index contributed by atoms with van der Waals surface area (Å²) < 4.78 is 12.5. The average Bonchev–Trinajstić information content (AvgIpc) is 2.85. The van der Waals surface area contributed by atoms with Crippen LogP contribution in [0, 0.1) is 11.7 Å². The zero-order chi connectivity index (χ0) is 8.55. The first-order valence-corrected chi connectivity index (χ1v) is 4.27. The van der Waals surface area contributed by atoms with Gasteiger partial charge in [0.05, 0.1) is 0 Å². The van der Waals surface area contributed by atoms with Crippen LogP contribution in [0.25, 0.3) is 0 Å². The summed E-state index contributed by atoms with van der Waals surface area (Å²) in [5, 5.41) is 0. The van der Waals surface area contributed by atoms with Gasteiger partial charge >= 0.3 is 0 Å². The third-order valence-corrected chi connectivity index (χ3v) is 2.52. The van der Waals surface area contributed by atoms with E-state index in [0.29, 0.717) is 11.8 Å². The number of rotatable bonds is 2. The van der Waals surface area contributed by atoms with Gasteiger partial charge in [0, 0.05) is 0 Å². The lowest BCUT2D eigenvalue weighted by Gasteiger charge is -1.97. The van der Waals surface area contributed by atoms with Crippen molar-refractivity contribution in [2.24, 2.45) is 11.7 Å². The van der Waals surface area contributed by atoms with Crippen molar-refractivity contribution in [1.29, 1.82) is 0 Å². The van der Waals surface area contributed by atoms with Crippen molar-refractivity contribution in [2.45, 2.75) is 12.3 Å². The van der Waals surface area contributed by atoms with Gasteiger partial charge in [-0.1, -0.05) is 12.1 Å². The SMILES string of the molecule is Cl.NC[C@H]1C[C@@H]1c1ccc(F)cc1. The van der Waals surface area contributed by atoms with Gasteiger partial charge in [-0.15, -0.1) is 12.4 Å². The van der Waals surface area contributed by atoms with E-state index >= 15 is 0 Å². The van der Waals surface area contributed by atoms with Gasteiger partial charge in [0.15, 0.2) is 0 Å². The van der Waals surface area contributed by atoms with Gasteiger partial charge in [0.1, 0.15) is 5.82 Å². The zero-order valence-corrected chi connectivity index (χ0v) is 8.06. The molecule has 1 saturated carbocycles. The number of nitrogens with two attached hydrogens (primary N) is 1. The Morgan fingerprint density at radius 2 is 1.92 bits per heavy atom. The highest BCUT2D eigenvalue weighted by molar-refractivity contribution is 5.85. The summed E-state index contributed by atoms with van der Waals surface area (Å²) in [7, 11) is 0. The molecule has 0 radical (unpaired) electrons. The molecule has 0 aliphatic heterocycles. The molecule has 0 aromatic heterocycles. The molecule has 1 aliphatic rings. The molecule has 2 N–H and O–H groups in total. The van der Waals surface area contributed by atoms with Crippen LogP contribution in [0.1, 0.15) is 17.9 Å². The molecule has 1 fully saturated rings. The Morgan fingerprint density at radius 1 is 1.31 bits per heavy atom. The first-order valence-electron chi connectivity index (χ1n) is 4.27. The molecule has 0 unspecified atom stereocenters. The number of benzene rings is 1. The van der Waals surface area contributed by atoms with Gasteiger partial charge in [0.25, 0.3) is 0 Å². The lowest BCUT2D eigenvalue weighted by atomic mass is 10.1. The minimum absolute atomic E-state index is 0. The van der Waals surface area contributed by atoms with Crippen LogP contribution < -0.4 is 5.73 Å². The van der Waals surface area contributed by atoms with Crippen LogP contribution in [0.5, 0.6) is 0 Å². The molecule has 0 spiro atoms. The Morgan fingerprint density at radius 3 is 2.38 bits per heavy atom. The summed E-state index contributed by atoms with van der Waals surface area (Å²) in [6.07, 6.45) is 1.17. The predicted octanol–water partition coefficient (Wildman–Crippen LogP) is 2.31. The first-order chi connectivity index (χ1) is 5.81. The Labute approximate surface area is 83.5 Å². The quantitative estimate of drug-likeness (QED) is 0.781. The maximum Gasteiger partial charge on any atom is 0.123 e. The molecule has 0 heterocycles.